The lowest BCUT2D eigenvalue weighted by atomic mass is 10.3. The molecule has 2 nitrogen and oxygen atoms in total. The van der Waals surface area contributed by atoms with Crippen LogP contribution < -0.4 is 10.1 Å². The Morgan fingerprint density at radius 3 is 3.00 bits per heavy atom. The minimum absolute atomic E-state index is 0.105. The van der Waals surface area contributed by atoms with Gasteiger partial charge in [-0.1, -0.05) is 17.7 Å². The van der Waals surface area contributed by atoms with E-state index >= 15 is 0 Å². The molecule has 1 fully saturated rings. The van der Waals surface area contributed by atoms with E-state index in [1.807, 2.05) is 0 Å². The molecule has 1 saturated carbocycles. The van der Waals surface area contributed by atoms with E-state index in [9.17, 15) is 4.39 Å². The highest BCUT2D eigenvalue weighted by Crippen LogP contribution is 2.24. The van der Waals surface area contributed by atoms with Crippen LogP contribution in [0.1, 0.15) is 19.3 Å². The van der Waals surface area contributed by atoms with Gasteiger partial charge in [0.2, 0.25) is 0 Å². The molecule has 0 radical (unpaired) electrons. The van der Waals surface area contributed by atoms with Gasteiger partial charge in [0, 0.05) is 6.04 Å². The van der Waals surface area contributed by atoms with Crippen molar-refractivity contribution in [3.8, 4) is 5.75 Å². The van der Waals surface area contributed by atoms with Crippen molar-refractivity contribution in [3.05, 3.63) is 29.0 Å². The van der Waals surface area contributed by atoms with Crippen molar-refractivity contribution in [1.82, 2.24) is 5.32 Å². The molecule has 1 aliphatic rings. The van der Waals surface area contributed by atoms with Gasteiger partial charge in [0.05, 0.1) is 11.6 Å². The predicted molar refractivity (Wildman–Crippen MR) is 62.5 cm³/mol. The van der Waals surface area contributed by atoms with Gasteiger partial charge in [0.25, 0.3) is 0 Å². The lowest BCUT2D eigenvalue weighted by Crippen LogP contribution is -2.19. The lowest BCUT2D eigenvalue weighted by molar-refractivity contribution is 0.293. The molecule has 0 atom stereocenters. The Balaban J connectivity index is 1.69. The smallest absolute Gasteiger partial charge is 0.183 e. The molecule has 4 heteroatoms. The summed E-state index contributed by atoms with van der Waals surface area (Å²) in [6.07, 6.45) is 3.44. The first-order chi connectivity index (χ1) is 7.77. The second-order valence-corrected chi connectivity index (χ2v) is 4.39. The fraction of sp³-hybridized carbons (Fsp3) is 0.500. The second kappa shape index (κ2) is 5.51. The van der Waals surface area contributed by atoms with E-state index in [0.717, 1.165) is 13.0 Å². The van der Waals surface area contributed by atoms with E-state index in [4.69, 9.17) is 16.3 Å². The van der Waals surface area contributed by atoms with Crippen LogP contribution in [0.4, 0.5) is 4.39 Å². The zero-order valence-electron chi connectivity index (χ0n) is 9.01. The Morgan fingerprint density at radius 2 is 2.25 bits per heavy atom. The summed E-state index contributed by atoms with van der Waals surface area (Å²) in [5.74, 6) is -0.238. The molecule has 0 aromatic heterocycles. The van der Waals surface area contributed by atoms with Crippen LogP contribution in [-0.4, -0.2) is 19.2 Å². The van der Waals surface area contributed by atoms with Gasteiger partial charge in [0.1, 0.15) is 0 Å². The van der Waals surface area contributed by atoms with E-state index in [2.05, 4.69) is 5.32 Å². The standard InChI is InChI=1S/C12H15ClFNO/c13-10-3-1-4-11(12(10)14)16-8-2-7-15-9-5-6-9/h1,3-4,9,15H,2,5-8H2. The molecule has 1 aromatic rings. The summed E-state index contributed by atoms with van der Waals surface area (Å²) in [5, 5.41) is 3.47. The van der Waals surface area contributed by atoms with E-state index in [0.29, 0.717) is 12.6 Å². The molecule has 88 valence electrons. The largest absolute Gasteiger partial charge is 0.490 e. The normalized spacial score (nSPS) is 15.1. The van der Waals surface area contributed by atoms with E-state index in [1.54, 1.807) is 12.1 Å². The Labute approximate surface area is 99.7 Å². The first-order valence-corrected chi connectivity index (χ1v) is 5.95. The van der Waals surface area contributed by atoms with Gasteiger partial charge in [-0.3, -0.25) is 0 Å². The molecule has 1 N–H and O–H groups in total. The molecule has 1 aliphatic carbocycles. The zero-order chi connectivity index (χ0) is 11.4. The molecular weight excluding hydrogens is 229 g/mol. The van der Waals surface area contributed by atoms with Crippen molar-refractivity contribution in [2.24, 2.45) is 0 Å². The molecule has 0 aliphatic heterocycles. The highest BCUT2D eigenvalue weighted by molar-refractivity contribution is 6.30. The number of nitrogens with one attached hydrogen (secondary N) is 1. The fourth-order valence-electron chi connectivity index (χ4n) is 1.44. The van der Waals surface area contributed by atoms with Crippen LogP contribution in [0, 0.1) is 5.82 Å². The first-order valence-electron chi connectivity index (χ1n) is 5.57. The van der Waals surface area contributed by atoms with E-state index in [1.165, 1.54) is 18.9 Å². The van der Waals surface area contributed by atoms with Crippen molar-refractivity contribution < 1.29 is 9.13 Å². The summed E-state index contributed by atoms with van der Waals surface area (Å²) in [5.41, 5.74) is 0. The molecule has 0 saturated heterocycles. The van der Waals surface area contributed by atoms with Gasteiger partial charge in [-0.15, -0.1) is 0 Å². The van der Waals surface area contributed by atoms with Crippen LogP contribution in [0.15, 0.2) is 18.2 Å². The minimum Gasteiger partial charge on any atom is -0.490 e. The highest BCUT2D eigenvalue weighted by atomic mass is 35.5. The predicted octanol–water partition coefficient (Wildman–Crippen LogP) is 3.00. The fourth-order valence-corrected chi connectivity index (χ4v) is 1.61. The van der Waals surface area contributed by atoms with Crippen molar-refractivity contribution in [2.45, 2.75) is 25.3 Å². The third-order valence-electron chi connectivity index (χ3n) is 2.51. The summed E-state index contributed by atoms with van der Waals surface area (Å²) < 4.78 is 18.7. The summed E-state index contributed by atoms with van der Waals surface area (Å²) in [6.45, 7) is 1.43. The molecule has 2 rings (SSSR count). The SMILES string of the molecule is Fc1c(Cl)cccc1OCCCNC1CC1. The Hall–Kier alpha value is -0.800. The summed E-state index contributed by atoms with van der Waals surface area (Å²) >= 11 is 5.64. The van der Waals surface area contributed by atoms with Crippen LogP contribution in [0.25, 0.3) is 0 Å². The molecule has 0 heterocycles. The third-order valence-corrected chi connectivity index (χ3v) is 2.80. The number of benzene rings is 1. The van der Waals surface area contributed by atoms with Gasteiger partial charge in [-0.2, -0.15) is 0 Å². The average Bonchev–Trinajstić information content (AvgIpc) is 3.07. The summed E-state index contributed by atoms with van der Waals surface area (Å²) in [6, 6.07) is 5.50. The maximum atomic E-state index is 13.4. The van der Waals surface area contributed by atoms with Crippen LogP contribution in [-0.2, 0) is 0 Å². The Morgan fingerprint density at radius 1 is 1.44 bits per heavy atom. The monoisotopic (exact) mass is 243 g/mol. The third kappa shape index (κ3) is 3.35. The van der Waals surface area contributed by atoms with Gasteiger partial charge in [0.15, 0.2) is 11.6 Å². The molecule has 0 unspecified atom stereocenters. The molecule has 1 aromatic carbocycles. The van der Waals surface area contributed by atoms with Crippen LogP contribution in [0.5, 0.6) is 5.75 Å². The van der Waals surface area contributed by atoms with Crippen LogP contribution >= 0.6 is 11.6 Å². The van der Waals surface area contributed by atoms with Crippen LogP contribution in [0.2, 0.25) is 5.02 Å². The topological polar surface area (TPSA) is 21.3 Å². The highest BCUT2D eigenvalue weighted by Gasteiger charge is 2.19. The van der Waals surface area contributed by atoms with Crippen molar-refractivity contribution in [3.63, 3.8) is 0 Å². The van der Waals surface area contributed by atoms with Crippen molar-refractivity contribution in [1.29, 1.82) is 0 Å². The van der Waals surface area contributed by atoms with Crippen LogP contribution in [0.3, 0.4) is 0 Å². The summed E-state index contributed by atoms with van der Waals surface area (Å²) in [7, 11) is 0. The molecule has 0 amide bonds. The molecular formula is C12H15ClFNO. The first kappa shape index (κ1) is 11.7. The van der Waals surface area contributed by atoms with E-state index in [-0.39, 0.29) is 10.8 Å². The maximum absolute atomic E-state index is 13.4. The Kier molecular flexibility index (Phi) is 4.02. The molecule has 0 bridgehead atoms. The average molecular weight is 244 g/mol. The summed E-state index contributed by atoms with van der Waals surface area (Å²) in [4.78, 5) is 0. The van der Waals surface area contributed by atoms with Crippen molar-refractivity contribution >= 4 is 11.6 Å². The quantitative estimate of drug-likeness (QED) is 0.776. The maximum Gasteiger partial charge on any atom is 0.183 e. The van der Waals surface area contributed by atoms with Crippen molar-refractivity contribution in [2.75, 3.05) is 13.2 Å². The zero-order valence-corrected chi connectivity index (χ0v) is 9.77. The van der Waals surface area contributed by atoms with Gasteiger partial charge >= 0.3 is 0 Å². The molecule has 0 spiro atoms. The number of hydrogen-bond donors (Lipinski definition) is 1. The van der Waals surface area contributed by atoms with Gasteiger partial charge in [-0.25, -0.2) is 4.39 Å². The second-order valence-electron chi connectivity index (χ2n) is 3.98. The number of halogens is 2. The number of rotatable bonds is 6. The number of ether oxygens (including phenoxy) is 1. The van der Waals surface area contributed by atoms with Gasteiger partial charge < -0.3 is 10.1 Å². The van der Waals surface area contributed by atoms with E-state index < -0.39 is 5.82 Å². The lowest BCUT2D eigenvalue weighted by Gasteiger charge is -2.08. The Bertz CT molecular complexity index is 355. The molecule has 16 heavy (non-hydrogen) atoms. The van der Waals surface area contributed by atoms with Gasteiger partial charge in [-0.05, 0) is 37.9 Å². The number of hydrogen-bond acceptors (Lipinski definition) is 2. The minimum atomic E-state index is -0.473.